The van der Waals surface area contributed by atoms with Gasteiger partial charge < -0.3 is 0 Å². The summed E-state index contributed by atoms with van der Waals surface area (Å²) in [6.45, 7) is 0. The van der Waals surface area contributed by atoms with Crippen molar-refractivity contribution in [3.05, 3.63) is 12.2 Å². The van der Waals surface area contributed by atoms with Gasteiger partial charge in [-0.15, -0.1) is 0 Å². The van der Waals surface area contributed by atoms with Crippen LogP contribution in [0.3, 0.4) is 0 Å². The van der Waals surface area contributed by atoms with Crippen molar-refractivity contribution in [2.24, 2.45) is 76.4 Å². The molecule has 22 heavy (non-hydrogen) atoms. The molecule has 0 amide bonds. The van der Waals surface area contributed by atoms with Gasteiger partial charge in [-0.05, 0) is 121 Å². The van der Waals surface area contributed by atoms with E-state index in [4.69, 9.17) is 0 Å². The van der Waals surface area contributed by atoms with Crippen molar-refractivity contribution in [1.29, 1.82) is 0 Å². The van der Waals surface area contributed by atoms with E-state index in [1.165, 1.54) is 53.3 Å². The highest BCUT2D eigenvalue weighted by Gasteiger charge is 2.77. The third-order valence-electron chi connectivity index (χ3n) is 11.2. The van der Waals surface area contributed by atoms with Gasteiger partial charge in [-0.3, -0.25) is 0 Å². The fourth-order valence-corrected chi connectivity index (χ4v) is 11.3. The van der Waals surface area contributed by atoms with Crippen LogP contribution >= 0.6 is 0 Å². The molecule has 0 nitrogen and oxygen atoms in total. The van der Waals surface area contributed by atoms with Gasteiger partial charge >= 0.3 is 0 Å². The normalized spacial score (nSPS) is 76.7. The molecule has 0 aromatic heterocycles. The Bertz CT molecular complexity index is 618. The van der Waals surface area contributed by atoms with Crippen molar-refractivity contribution in [2.45, 2.75) is 44.9 Å². The van der Waals surface area contributed by atoms with Gasteiger partial charge in [-0.1, -0.05) is 12.2 Å². The molecule has 0 aromatic rings. The van der Waals surface area contributed by atoms with E-state index >= 15 is 0 Å². The Morgan fingerprint density at radius 2 is 1.59 bits per heavy atom. The molecule has 0 heterocycles. The second kappa shape index (κ2) is 3.14. The van der Waals surface area contributed by atoms with Crippen molar-refractivity contribution < 1.29 is 0 Å². The molecule has 0 aromatic carbocycles. The van der Waals surface area contributed by atoms with E-state index in [0.29, 0.717) is 0 Å². The van der Waals surface area contributed by atoms with Crippen molar-refractivity contribution >= 4 is 0 Å². The Morgan fingerprint density at radius 3 is 2.59 bits per heavy atom. The average Bonchev–Trinajstić information content (AvgIpc) is 3.16. The molecule has 0 saturated heterocycles. The van der Waals surface area contributed by atoms with E-state index in [9.17, 15) is 0 Å². The minimum absolute atomic E-state index is 0.865. The largest absolute Gasteiger partial charge is 0.0851 e. The van der Waals surface area contributed by atoms with Crippen LogP contribution < -0.4 is 0 Å². The minimum Gasteiger partial charge on any atom is -0.0851 e. The predicted octanol–water partition coefficient (Wildman–Crippen LogP) is 4.76. The lowest BCUT2D eigenvalue weighted by Crippen LogP contribution is -2.52. The summed E-state index contributed by atoms with van der Waals surface area (Å²) in [7, 11) is 0. The van der Waals surface area contributed by atoms with Crippen LogP contribution in [0.25, 0.3) is 0 Å². The Labute approximate surface area is 134 Å². The molecule has 13 unspecified atom stereocenters. The van der Waals surface area contributed by atoms with Crippen LogP contribution in [0.1, 0.15) is 44.9 Å². The van der Waals surface area contributed by atoms with E-state index in [1.807, 2.05) is 0 Å². The van der Waals surface area contributed by atoms with Gasteiger partial charge in [0.25, 0.3) is 0 Å². The van der Waals surface area contributed by atoms with Gasteiger partial charge in [0.15, 0.2) is 0 Å². The first-order valence-electron chi connectivity index (χ1n) is 10.5. The van der Waals surface area contributed by atoms with Gasteiger partial charge in [0.05, 0.1) is 0 Å². The van der Waals surface area contributed by atoms with E-state index in [0.717, 1.165) is 23.2 Å². The monoisotopic (exact) mass is 292 g/mol. The molecule has 116 valence electrons. The van der Waals surface area contributed by atoms with E-state index < -0.39 is 0 Å². The Balaban J connectivity index is 1.28. The molecule has 9 aliphatic rings. The third kappa shape index (κ3) is 0.921. The molecule has 0 radical (unpaired) electrons. The highest BCUT2D eigenvalue weighted by molar-refractivity contribution is 5.29. The summed E-state index contributed by atoms with van der Waals surface area (Å²) >= 11 is 0. The van der Waals surface area contributed by atoms with Crippen molar-refractivity contribution in [1.82, 2.24) is 0 Å². The van der Waals surface area contributed by atoms with E-state index in [-0.39, 0.29) is 0 Å². The van der Waals surface area contributed by atoms with Crippen LogP contribution in [0.2, 0.25) is 0 Å². The summed E-state index contributed by atoms with van der Waals surface area (Å²) in [5.74, 6) is 14.0. The second-order valence-corrected chi connectivity index (χ2v) is 11.1. The number of rotatable bonds is 0. The Kier molecular flexibility index (Phi) is 1.62. The topological polar surface area (TPSA) is 0 Å². The molecule has 8 saturated carbocycles. The fourth-order valence-electron chi connectivity index (χ4n) is 11.3. The zero-order valence-electron chi connectivity index (χ0n) is 13.5. The van der Waals surface area contributed by atoms with E-state index in [2.05, 4.69) is 12.2 Å². The van der Waals surface area contributed by atoms with Crippen LogP contribution in [-0.4, -0.2) is 0 Å². The molecular formula is C22H28. The molecule has 0 spiro atoms. The number of hydrogen-bond donors (Lipinski definition) is 0. The average molecular weight is 292 g/mol. The first-order chi connectivity index (χ1) is 10.8. The summed E-state index contributed by atoms with van der Waals surface area (Å²) in [4.78, 5) is 0. The molecule has 0 aliphatic heterocycles. The highest BCUT2D eigenvalue weighted by atomic mass is 14.8. The molecule has 9 rings (SSSR count). The first kappa shape index (κ1) is 11.3. The zero-order chi connectivity index (χ0) is 13.8. The van der Waals surface area contributed by atoms with Gasteiger partial charge in [0.1, 0.15) is 0 Å². The molecule has 8 bridgehead atoms. The summed E-state index contributed by atoms with van der Waals surface area (Å²) in [6, 6.07) is 0. The summed E-state index contributed by atoms with van der Waals surface area (Å²) in [6.07, 6.45) is 16.9. The number of hydrogen-bond acceptors (Lipinski definition) is 0. The standard InChI is InChI=1S/C22H28/c1-2-11-3-10(1)8-22-9-18(20(11)22)16-6-13-4-12-5-15-14(12)7-17(19(13)15)21(16)22/h1-2,10-21H,3-9H2. The van der Waals surface area contributed by atoms with Crippen molar-refractivity contribution in [3.63, 3.8) is 0 Å². The van der Waals surface area contributed by atoms with Gasteiger partial charge in [0, 0.05) is 0 Å². The highest BCUT2D eigenvalue weighted by Crippen LogP contribution is 2.84. The Hall–Kier alpha value is -0.260. The molecule has 0 N–H and O–H groups in total. The van der Waals surface area contributed by atoms with Gasteiger partial charge in [-0.25, -0.2) is 0 Å². The molecule has 8 fully saturated rings. The van der Waals surface area contributed by atoms with Crippen LogP contribution in [0.4, 0.5) is 0 Å². The zero-order valence-corrected chi connectivity index (χ0v) is 13.5. The first-order valence-corrected chi connectivity index (χ1v) is 10.5. The maximum Gasteiger partial charge on any atom is -0.0191 e. The number of allylic oxidation sites excluding steroid dienone is 2. The summed E-state index contributed by atoms with van der Waals surface area (Å²) in [5.41, 5.74) is 0.865. The molecule has 13 atom stereocenters. The summed E-state index contributed by atoms with van der Waals surface area (Å²) in [5, 5.41) is 0. The predicted molar refractivity (Wildman–Crippen MR) is 85.8 cm³/mol. The van der Waals surface area contributed by atoms with Crippen LogP contribution in [-0.2, 0) is 0 Å². The second-order valence-electron chi connectivity index (χ2n) is 11.1. The lowest BCUT2D eigenvalue weighted by atomic mass is 9.46. The van der Waals surface area contributed by atoms with Crippen molar-refractivity contribution in [2.75, 3.05) is 0 Å². The SMILES string of the molecule is C1=CC2CC1CC13CC(C4CC5CC6CC7C6CC(C57)C41)C23. The lowest BCUT2D eigenvalue weighted by molar-refractivity contribution is -0.0932. The third-order valence-corrected chi connectivity index (χ3v) is 11.2. The molecular weight excluding hydrogens is 264 g/mol. The lowest BCUT2D eigenvalue weighted by Gasteiger charge is -2.58. The molecule has 9 aliphatic carbocycles. The van der Waals surface area contributed by atoms with Gasteiger partial charge in [0.2, 0.25) is 0 Å². The Morgan fingerprint density at radius 1 is 0.636 bits per heavy atom. The van der Waals surface area contributed by atoms with Gasteiger partial charge in [-0.2, -0.15) is 0 Å². The van der Waals surface area contributed by atoms with Crippen LogP contribution in [0, 0.1) is 76.4 Å². The maximum absolute atomic E-state index is 2.68. The van der Waals surface area contributed by atoms with E-state index in [1.54, 1.807) is 44.9 Å². The summed E-state index contributed by atoms with van der Waals surface area (Å²) < 4.78 is 0. The molecule has 0 heteroatoms. The van der Waals surface area contributed by atoms with Crippen LogP contribution in [0.5, 0.6) is 0 Å². The smallest absolute Gasteiger partial charge is 0.0191 e. The minimum atomic E-state index is 0.865. The fraction of sp³-hybridized carbons (Fsp3) is 0.909. The quantitative estimate of drug-likeness (QED) is 0.565. The van der Waals surface area contributed by atoms with Crippen LogP contribution in [0.15, 0.2) is 12.2 Å². The van der Waals surface area contributed by atoms with Crippen molar-refractivity contribution in [3.8, 4) is 0 Å². The maximum atomic E-state index is 2.68. The number of fused-ring (bicyclic) bond motifs is 5.